The Labute approximate surface area is 123 Å². The number of nitrogens with one attached hydrogen (secondary N) is 2. The number of aromatic nitrogens is 1. The highest BCUT2D eigenvalue weighted by atomic mass is 19.4. The molecule has 0 aliphatic rings. The first-order valence-electron chi connectivity index (χ1n) is 7.21. The van der Waals surface area contributed by atoms with Crippen molar-refractivity contribution in [1.82, 2.24) is 15.2 Å². The maximum Gasteiger partial charge on any atom is 0.389 e. The lowest BCUT2D eigenvalue weighted by molar-refractivity contribution is -0.135. The summed E-state index contributed by atoms with van der Waals surface area (Å²) in [6, 6.07) is 3.92. The molecular weight excluding hydrogens is 281 g/mol. The van der Waals surface area contributed by atoms with Gasteiger partial charge in [0.1, 0.15) is 0 Å². The fraction of sp³-hybridized carbons (Fsp3) is 0.643. The SMILES string of the molecule is CCNC(=NCCCCC(F)(F)F)NCCn1cccc1. The van der Waals surface area contributed by atoms with Gasteiger partial charge in [0, 0.05) is 45.0 Å². The molecule has 120 valence electrons. The Hall–Kier alpha value is -1.66. The second-order valence-corrected chi connectivity index (χ2v) is 4.68. The summed E-state index contributed by atoms with van der Waals surface area (Å²) in [5.41, 5.74) is 0. The summed E-state index contributed by atoms with van der Waals surface area (Å²) >= 11 is 0. The molecule has 1 aromatic rings. The van der Waals surface area contributed by atoms with E-state index in [1.165, 1.54) is 0 Å². The number of hydrogen-bond acceptors (Lipinski definition) is 1. The highest BCUT2D eigenvalue weighted by molar-refractivity contribution is 5.79. The van der Waals surface area contributed by atoms with Gasteiger partial charge in [-0.3, -0.25) is 4.99 Å². The van der Waals surface area contributed by atoms with Gasteiger partial charge in [-0.15, -0.1) is 0 Å². The summed E-state index contributed by atoms with van der Waals surface area (Å²) < 4.78 is 38.0. The van der Waals surface area contributed by atoms with E-state index in [1.54, 1.807) is 0 Å². The normalized spacial score (nSPS) is 12.5. The molecule has 1 heterocycles. The minimum atomic E-state index is -4.07. The lowest BCUT2D eigenvalue weighted by atomic mass is 10.2. The van der Waals surface area contributed by atoms with Crippen molar-refractivity contribution in [2.24, 2.45) is 4.99 Å². The molecule has 0 fully saturated rings. The summed E-state index contributed by atoms with van der Waals surface area (Å²) in [7, 11) is 0. The molecule has 0 saturated carbocycles. The predicted molar refractivity (Wildman–Crippen MR) is 78.3 cm³/mol. The van der Waals surface area contributed by atoms with Gasteiger partial charge in [-0.25, -0.2) is 0 Å². The molecule has 2 N–H and O–H groups in total. The van der Waals surface area contributed by atoms with E-state index in [0.717, 1.165) is 13.1 Å². The van der Waals surface area contributed by atoms with E-state index in [9.17, 15) is 13.2 Å². The van der Waals surface area contributed by atoms with E-state index >= 15 is 0 Å². The molecule has 21 heavy (non-hydrogen) atoms. The molecular formula is C14H23F3N4. The van der Waals surface area contributed by atoms with Gasteiger partial charge >= 0.3 is 6.18 Å². The van der Waals surface area contributed by atoms with E-state index in [2.05, 4.69) is 15.6 Å². The fourth-order valence-electron chi connectivity index (χ4n) is 1.79. The van der Waals surface area contributed by atoms with E-state index in [1.807, 2.05) is 36.0 Å². The number of unbranched alkanes of at least 4 members (excludes halogenated alkanes) is 1. The smallest absolute Gasteiger partial charge is 0.357 e. The van der Waals surface area contributed by atoms with Gasteiger partial charge in [-0.1, -0.05) is 0 Å². The number of aliphatic imine (C=N–C) groups is 1. The Morgan fingerprint density at radius 1 is 1.14 bits per heavy atom. The second-order valence-electron chi connectivity index (χ2n) is 4.68. The molecule has 1 rings (SSSR count). The van der Waals surface area contributed by atoms with Crippen molar-refractivity contribution in [1.29, 1.82) is 0 Å². The lowest BCUT2D eigenvalue weighted by Crippen LogP contribution is -2.38. The highest BCUT2D eigenvalue weighted by Crippen LogP contribution is 2.21. The molecule has 0 unspecified atom stereocenters. The molecule has 0 saturated heterocycles. The van der Waals surface area contributed by atoms with Crippen LogP contribution in [0.3, 0.4) is 0 Å². The van der Waals surface area contributed by atoms with E-state index in [4.69, 9.17) is 0 Å². The van der Waals surface area contributed by atoms with Gasteiger partial charge in [0.25, 0.3) is 0 Å². The quantitative estimate of drug-likeness (QED) is 0.440. The van der Waals surface area contributed by atoms with Gasteiger partial charge in [0.2, 0.25) is 0 Å². The average Bonchev–Trinajstić information content (AvgIpc) is 2.90. The van der Waals surface area contributed by atoms with Crippen molar-refractivity contribution in [3.05, 3.63) is 24.5 Å². The van der Waals surface area contributed by atoms with Crippen LogP contribution in [0.2, 0.25) is 0 Å². The number of alkyl halides is 3. The largest absolute Gasteiger partial charge is 0.389 e. The minimum absolute atomic E-state index is 0.121. The van der Waals surface area contributed by atoms with Gasteiger partial charge in [0.05, 0.1) is 0 Å². The molecule has 0 aromatic carbocycles. The van der Waals surface area contributed by atoms with Crippen molar-refractivity contribution >= 4 is 5.96 Å². The van der Waals surface area contributed by atoms with E-state index < -0.39 is 12.6 Å². The number of guanidine groups is 1. The molecule has 1 aromatic heterocycles. The number of nitrogens with zero attached hydrogens (tertiary/aromatic N) is 2. The number of halogens is 3. The minimum Gasteiger partial charge on any atom is -0.357 e. The van der Waals surface area contributed by atoms with Crippen LogP contribution in [0, 0.1) is 0 Å². The topological polar surface area (TPSA) is 41.4 Å². The van der Waals surface area contributed by atoms with Crippen LogP contribution in [0.4, 0.5) is 13.2 Å². The van der Waals surface area contributed by atoms with Crippen LogP contribution in [0.15, 0.2) is 29.5 Å². The van der Waals surface area contributed by atoms with Gasteiger partial charge < -0.3 is 15.2 Å². The molecule has 0 bridgehead atoms. The molecule has 0 atom stereocenters. The summed E-state index contributed by atoms with van der Waals surface area (Å²) in [6.45, 7) is 4.59. The highest BCUT2D eigenvalue weighted by Gasteiger charge is 2.25. The summed E-state index contributed by atoms with van der Waals surface area (Å²) in [6.07, 6.45) is -0.293. The van der Waals surface area contributed by atoms with Crippen LogP contribution in [-0.4, -0.2) is 36.3 Å². The van der Waals surface area contributed by atoms with Crippen LogP contribution in [0.1, 0.15) is 26.2 Å². The first-order valence-corrected chi connectivity index (χ1v) is 7.21. The Morgan fingerprint density at radius 3 is 2.48 bits per heavy atom. The van der Waals surface area contributed by atoms with Crippen LogP contribution >= 0.6 is 0 Å². The number of rotatable bonds is 8. The molecule has 4 nitrogen and oxygen atoms in total. The lowest BCUT2D eigenvalue weighted by Gasteiger charge is -2.11. The van der Waals surface area contributed by atoms with Crippen molar-refractivity contribution in [3.63, 3.8) is 0 Å². The summed E-state index contributed by atoms with van der Waals surface area (Å²) in [5.74, 6) is 0.650. The van der Waals surface area contributed by atoms with Crippen LogP contribution < -0.4 is 10.6 Å². The van der Waals surface area contributed by atoms with Crippen molar-refractivity contribution < 1.29 is 13.2 Å². The third kappa shape index (κ3) is 8.99. The van der Waals surface area contributed by atoms with Gasteiger partial charge in [-0.2, -0.15) is 13.2 Å². The Kier molecular flexibility index (Phi) is 7.71. The maximum absolute atomic E-state index is 12.0. The van der Waals surface area contributed by atoms with Crippen LogP contribution in [0.5, 0.6) is 0 Å². The monoisotopic (exact) mass is 304 g/mol. The molecule has 0 amide bonds. The first kappa shape index (κ1) is 17.4. The maximum atomic E-state index is 12.0. The second kappa shape index (κ2) is 9.31. The van der Waals surface area contributed by atoms with Crippen LogP contribution in [-0.2, 0) is 6.54 Å². The average molecular weight is 304 g/mol. The molecule has 0 aliphatic heterocycles. The fourth-order valence-corrected chi connectivity index (χ4v) is 1.79. The van der Waals surface area contributed by atoms with Crippen molar-refractivity contribution in [3.8, 4) is 0 Å². The van der Waals surface area contributed by atoms with Gasteiger partial charge in [-0.05, 0) is 31.9 Å². The summed E-state index contributed by atoms with van der Waals surface area (Å²) in [5, 5.41) is 6.24. The zero-order valence-corrected chi connectivity index (χ0v) is 12.3. The molecule has 0 aliphatic carbocycles. The third-order valence-electron chi connectivity index (χ3n) is 2.81. The van der Waals surface area contributed by atoms with E-state index in [0.29, 0.717) is 25.5 Å². The Balaban J connectivity index is 2.22. The van der Waals surface area contributed by atoms with Crippen molar-refractivity contribution in [2.75, 3.05) is 19.6 Å². The van der Waals surface area contributed by atoms with Gasteiger partial charge in [0.15, 0.2) is 5.96 Å². The molecule has 7 heteroatoms. The predicted octanol–water partition coefficient (Wildman–Crippen LogP) is 2.78. The number of hydrogen-bond donors (Lipinski definition) is 2. The Morgan fingerprint density at radius 2 is 1.86 bits per heavy atom. The first-order chi connectivity index (χ1) is 10.0. The molecule has 0 spiro atoms. The molecule has 0 radical (unpaired) electrons. The van der Waals surface area contributed by atoms with E-state index in [-0.39, 0.29) is 6.42 Å². The zero-order valence-electron chi connectivity index (χ0n) is 12.3. The van der Waals surface area contributed by atoms with Crippen molar-refractivity contribution in [2.45, 2.75) is 38.9 Å². The standard InChI is InChI=1S/C14H23F3N4/c1-2-18-13(19-8-4-3-7-14(15,16)17)20-9-12-21-10-5-6-11-21/h5-6,10-11H,2-4,7-9,12H2,1H3,(H2,18,19,20). The van der Waals surface area contributed by atoms with Crippen LogP contribution in [0.25, 0.3) is 0 Å². The summed E-state index contributed by atoms with van der Waals surface area (Å²) in [4.78, 5) is 4.27. The third-order valence-corrected chi connectivity index (χ3v) is 2.81. The zero-order chi connectivity index (χ0) is 15.6. The Bertz CT molecular complexity index is 399.